The summed E-state index contributed by atoms with van der Waals surface area (Å²) in [5, 5.41) is 17.1. The fourth-order valence-electron chi connectivity index (χ4n) is 3.08. The SMILES string of the molecule is CNC(=O)c1ccccc1Nc1nc(Nc2ccc(C(F)[P+](=O)OC(C)C(C)O)cc2)ncc1C(F)(F)F. The molecule has 0 bridgehead atoms. The number of hydrogen-bond acceptors (Lipinski definition) is 8. The molecule has 14 heteroatoms. The zero-order chi connectivity index (χ0) is 28.0. The van der Waals surface area contributed by atoms with E-state index in [1.807, 2.05) is 0 Å². The molecular weight excluding hydrogens is 529 g/mol. The standard InChI is InChI=1S/C24H24F4N5O4P/c1-13(34)14(2)37-38(36)20(25)15-8-10-16(11-9-15)31-23-30-12-18(24(26,27)28)21(33-23)32-19-7-5-4-6-17(19)22(35)29-3/h4-14,20,34H,1-3H3,(H2-,29,30,31,32,33,35)/p+1. The smallest absolute Gasteiger partial charge is 0.391 e. The topological polar surface area (TPSA) is 125 Å². The number of amides is 1. The van der Waals surface area contributed by atoms with Crippen LogP contribution in [-0.2, 0) is 15.3 Å². The number of carbonyl (C=O) groups is 1. The van der Waals surface area contributed by atoms with Crippen molar-refractivity contribution in [1.29, 1.82) is 0 Å². The molecule has 0 aliphatic rings. The third kappa shape index (κ3) is 7.21. The van der Waals surface area contributed by atoms with Gasteiger partial charge in [0, 0.05) is 24.5 Å². The number of halogens is 4. The minimum atomic E-state index is -4.79. The number of aliphatic hydroxyl groups is 1. The lowest BCUT2D eigenvalue weighted by atomic mass is 10.1. The number of rotatable bonds is 10. The first-order valence-electron chi connectivity index (χ1n) is 11.2. The Hall–Kier alpha value is -3.67. The number of benzene rings is 2. The Bertz CT molecular complexity index is 1290. The van der Waals surface area contributed by atoms with Gasteiger partial charge < -0.3 is 21.1 Å². The molecule has 1 aromatic heterocycles. The van der Waals surface area contributed by atoms with Gasteiger partial charge in [-0.15, -0.1) is 4.52 Å². The molecule has 38 heavy (non-hydrogen) atoms. The Morgan fingerprint density at radius 1 is 1.08 bits per heavy atom. The van der Waals surface area contributed by atoms with Crippen LogP contribution in [0.2, 0.25) is 0 Å². The molecule has 3 rings (SSSR count). The van der Waals surface area contributed by atoms with Crippen molar-refractivity contribution in [3.63, 3.8) is 0 Å². The maximum atomic E-state index is 14.6. The highest BCUT2D eigenvalue weighted by Crippen LogP contribution is 2.44. The molecule has 0 spiro atoms. The summed E-state index contributed by atoms with van der Waals surface area (Å²) in [7, 11) is -1.37. The fourth-order valence-corrected chi connectivity index (χ4v) is 4.10. The molecule has 4 unspecified atom stereocenters. The van der Waals surface area contributed by atoms with Gasteiger partial charge in [0.2, 0.25) is 5.95 Å². The van der Waals surface area contributed by atoms with Crippen molar-refractivity contribution >= 4 is 37.1 Å². The summed E-state index contributed by atoms with van der Waals surface area (Å²) >= 11 is 0. The Morgan fingerprint density at radius 3 is 2.34 bits per heavy atom. The van der Waals surface area contributed by atoms with Crippen molar-refractivity contribution in [2.75, 3.05) is 17.7 Å². The van der Waals surface area contributed by atoms with Crippen LogP contribution in [-0.4, -0.2) is 40.2 Å². The van der Waals surface area contributed by atoms with E-state index in [1.165, 1.54) is 57.3 Å². The number of carbonyl (C=O) groups excluding carboxylic acids is 1. The van der Waals surface area contributed by atoms with E-state index in [1.54, 1.807) is 12.1 Å². The molecule has 0 saturated heterocycles. The van der Waals surface area contributed by atoms with E-state index in [9.17, 15) is 32.0 Å². The second kappa shape index (κ2) is 12.2. The third-order valence-corrected chi connectivity index (χ3v) is 6.53. The first-order chi connectivity index (χ1) is 17.9. The van der Waals surface area contributed by atoms with E-state index >= 15 is 0 Å². The minimum absolute atomic E-state index is 0.0379. The average Bonchev–Trinajstić information content (AvgIpc) is 2.88. The van der Waals surface area contributed by atoms with Gasteiger partial charge in [0.1, 0.15) is 17.5 Å². The molecule has 0 aliphatic heterocycles. The fraction of sp³-hybridized carbons (Fsp3) is 0.292. The highest BCUT2D eigenvalue weighted by atomic mass is 31.1. The highest BCUT2D eigenvalue weighted by molar-refractivity contribution is 7.39. The van der Waals surface area contributed by atoms with E-state index in [0.29, 0.717) is 11.9 Å². The molecule has 202 valence electrons. The molecule has 3 aromatic rings. The molecule has 4 N–H and O–H groups in total. The summed E-state index contributed by atoms with van der Waals surface area (Å²) < 4.78 is 72.6. The van der Waals surface area contributed by atoms with Crippen molar-refractivity contribution in [2.45, 2.75) is 38.1 Å². The van der Waals surface area contributed by atoms with E-state index in [2.05, 4.69) is 25.9 Å². The summed E-state index contributed by atoms with van der Waals surface area (Å²) in [5.41, 5.74) is -0.596. The second-order valence-corrected chi connectivity index (χ2v) is 9.36. The van der Waals surface area contributed by atoms with Crippen LogP contribution in [0.3, 0.4) is 0 Å². The number of aromatic nitrogens is 2. The number of alkyl halides is 4. The van der Waals surface area contributed by atoms with Crippen molar-refractivity contribution in [3.8, 4) is 0 Å². The van der Waals surface area contributed by atoms with Gasteiger partial charge in [-0.2, -0.15) is 22.5 Å². The lowest BCUT2D eigenvalue weighted by Gasteiger charge is -2.16. The first-order valence-corrected chi connectivity index (χ1v) is 12.5. The zero-order valence-electron chi connectivity index (χ0n) is 20.5. The zero-order valence-corrected chi connectivity index (χ0v) is 21.3. The van der Waals surface area contributed by atoms with Crippen molar-refractivity contribution in [2.24, 2.45) is 0 Å². The summed E-state index contributed by atoms with van der Waals surface area (Å²) in [6, 6.07) is 11.4. The second-order valence-electron chi connectivity index (χ2n) is 8.12. The van der Waals surface area contributed by atoms with Crippen LogP contribution < -0.4 is 16.0 Å². The average molecular weight is 554 g/mol. The summed E-state index contributed by atoms with van der Waals surface area (Å²) in [5.74, 6) is -3.26. The van der Waals surface area contributed by atoms with Gasteiger partial charge in [-0.3, -0.25) is 4.79 Å². The molecule has 9 nitrogen and oxygen atoms in total. The molecule has 1 heterocycles. The van der Waals surface area contributed by atoms with Crippen LogP contribution in [0.4, 0.5) is 40.7 Å². The molecule has 4 atom stereocenters. The number of aliphatic hydroxyl groups excluding tert-OH is 1. The molecule has 0 fully saturated rings. The number of anilines is 4. The molecule has 2 aromatic carbocycles. The van der Waals surface area contributed by atoms with Gasteiger partial charge in [-0.25, -0.2) is 4.98 Å². The molecule has 0 radical (unpaired) electrons. The quantitative estimate of drug-likeness (QED) is 0.182. The van der Waals surface area contributed by atoms with Gasteiger partial charge in [-0.1, -0.05) is 12.1 Å². The van der Waals surface area contributed by atoms with Gasteiger partial charge in [0.05, 0.1) is 17.4 Å². The van der Waals surface area contributed by atoms with E-state index < -0.39 is 49.6 Å². The number of para-hydroxylation sites is 1. The predicted octanol–water partition coefficient (Wildman–Crippen LogP) is 5.84. The van der Waals surface area contributed by atoms with Crippen LogP contribution in [0.1, 0.15) is 41.2 Å². The Kier molecular flexibility index (Phi) is 9.31. The van der Waals surface area contributed by atoms with E-state index in [-0.39, 0.29) is 22.8 Å². The molecule has 0 aliphatic carbocycles. The van der Waals surface area contributed by atoms with E-state index in [4.69, 9.17) is 4.52 Å². The van der Waals surface area contributed by atoms with Crippen molar-refractivity contribution < 1.29 is 36.6 Å². The van der Waals surface area contributed by atoms with E-state index in [0.717, 1.165) is 0 Å². The monoisotopic (exact) mass is 554 g/mol. The lowest BCUT2D eigenvalue weighted by Crippen LogP contribution is -2.20. The predicted molar refractivity (Wildman–Crippen MR) is 134 cm³/mol. The van der Waals surface area contributed by atoms with Gasteiger partial charge >= 0.3 is 20.1 Å². The van der Waals surface area contributed by atoms with Crippen LogP contribution >= 0.6 is 8.03 Å². The van der Waals surface area contributed by atoms with Gasteiger partial charge in [0.15, 0.2) is 0 Å². The maximum absolute atomic E-state index is 14.6. The third-order valence-electron chi connectivity index (χ3n) is 5.32. The highest BCUT2D eigenvalue weighted by Gasteiger charge is 2.38. The molecular formula is C24H25F4N5O4P+. The maximum Gasteiger partial charge on any atom is 0.550 e. The van der Waals surface area contributed by atoms with Crippen molar-refractivity contribution in [3.05, 3.63) is 71.4 Å². The number of nitrogens with one attached hydrogen (secondary N) is 3. The molecule has 0 saturated carbocycles. The minimum Gasteiger partial charge on any atom is -0.391 e. The summed E-state index contributed by atoms with van der Waals surface area (Å²) in [6.07, 6.45) is -5.96. The Labute approximate surface area is 216 Å². The molecule has 1 amide bonds. The number of nitrogens with zero attached hydrogens (tertiary/aromatic N) is 2. The Balaban J connectivity index is 1.83. The van der Waals surface area contributed by atoms with Crippen LogP contribution in [0.5, 0.6) is 0 Å². The first kappa shape index (κ1) is 28.9. The van der Waals surface area contributed by atoms with Crippen LogP contribution in [0.25, 0.3) is 0 Å². The van der Waals surface area contributed by atoms with Crippen LogP contribution in [0.15, 0.2) is 54.7 Å². The van der Waals surface area contributed by atoms with Gasteiger partial charge in [0.25, 0.3) is 5.91 Å². The number of hydrogen-bond donors (Lipinski definition) is 4. The summed E-state index contributed by atoms with van der Waals surface area (Å²) in [4.78, 5) is 19.8. The Morgan fingerprint density at radius 2 is 1.74 bits per heavy atom. The largest absolute Gasteiger partial charge is 0.550 e. The van der Waals surface area contributed by atoms with Crippen molar-refractivity contribution in [1.82, 2.24) is 15.3 Å². The normalized spacial score (nSPS) is 14.3. The van der Waals surface area contributed by atoms with Crippen LogP contribution in [0, 0.1) is 0 Å². The van der Waals surface area contributed by atoms with Gasteiger partial charge in [-0.05, 0) is 54.8 Å². The lowest BCUT2D eigenvalue weighted by molar-refractivity contribution is -0.137. The summed E-state index contributed by atoms with van der Waals surface area (Å²) in [6.45, 7) is 2.88.